The van der Waals surface area contributed by atoms with Crippen molar-refractivity contribution in [2.24, 2.45) is 0 Å². The van der Waals surface area contributed by atoms with E-state index in [2.05, 4.69) is 0 Å². The largest absolute Gasteiger partial charge is 0.481 e. The predicted molar refractivity (Wildman–Crippen MR) is 72.5 cm³/mol. The molecular weight excluding hydrogens is 246 g/mol. The van der Waals surface area contributed by atoms with Crippen LogP contribution in [0, 0.1) is 0 Å². The first-order valence-electron chi connectivity index (χ1n) is 6.32. The van der Waals surface area contributed by atoms with E-state index in [0.29, 0.717) is 25.3 Å². The maximum Gasteiger partial charge on any atom is 0.338 e. The van der Waals surface area contributed by atoms with Gasteiger partial charge in [-0.3, -0.25) is 4.79 Å². The second kappa shape index (κ2) is 7.41. The Morgan fingerprint density at radius 3 is 2.32 bits per heavy atom. The van der Waals surface area contributed by atoms with E-state index in [1.54, 1.807) is 31.2 Å². The molecular formula is C14H19NO4. The van der Waals surface area contributed by atoms with E-state index in [-0.39, 0.29) is 12.4 Å². The zero-order valence-electron chi connectivity index (χ0n) is 11.3. The lowest BCUT2D eigenvalue weighted by Crippen LogP contribution is -2.25. The van der Waals surface area contributed by atoms with Gasteiger partial charge in [-0.25, -0.2) is 4.79 Å². The molecule has 1 N–H and O–H groups in total. The van der Waals surface area contributed by atoms with E-state index in [4.69, 9.17) is 9.84 Å². The molecule has 0 fully saturated rings. The quantitative estimate of drug-likeness (QED) is 0.765. The van der Waals surface area contributed by atoms with Crippen molar-refractivity contribution in [2.45, 2.75) is 20.3 Å². The van der Waals surface area contributed by atoms with Gasteiger partial charge in [-0.05, 0) is 38.1 Å². The van der Waals surface area contributed by atoms with Crippen LogP contribution < -0.4 is 4.90 Å². The van der Waals surface area contributed by atoms with Gasteiger partial charge in [-0.15, -0.1) is 0 Å². The van der Waals surface area contributed by atoms with Gasteiger partial charge in [0, 0.05) is 18.8 Å². The SMILES string of the molecule is CCOC(=O)c1ccc(N(CC)CCC(=O)O)cc1. The number of ether oxygens (including phenoxy) is 1. The number of carbonyl (C=O) groups excluding carboxylic acids is 1. The van der Waals surface area contributed by atoms with Crippen molar-refractivity contribution in [3.8, 4) is 0 Å². The molecule has 1 aromatic rings. The van der Waals surface area contributed by atoms with E-state index in [1.807, 2.05) is 11.8 Å². The maximum atomic E-state index is 11.5. The summed E-state index contributed by atoms with van der Waals surface area (Å²) in [6.07, 6.45) is 0.0907. The highest BCUT2D eigenvalue weighted by Crippen LogP contribution is 2.16. The van der Waals surface area contributed by atoms with Crippen LogP contribution in [0.15, 0.2) is 24.3 Å². The smallest absolute Gasteiger partial charge is 0.338 e. The number of anilines is 1. The van der Waals surface area contributed by atoms with Crippen LogP contribution >= 0.6 is 0 Å². The molecule has 1 aromatic carbocycles. The highest BCUT2D eigenvalue weighted by molar-refractivity contribution is 5.89. The standard InChI is InChI=1S/C14H19NO4/c1-3-15(10-9-13(16)17)12-7-5-11(6-8-12)14(18)19-4-2/h5-8H,3-4,9-10H2,1-2H3,(H,16,17). The van der Waals surface area contributed by atoms with Gasteiger partial charge >= 0.3 is 11.9 Å². The second-order valence-corrected chi connectivity index (χ2v) is 3.99. The Balaban J connectivity index is 2.72. The monoisotopic (exact) mass is 265 g/mol. The molecule has 1 rings (SSSR count). The minimum absolute atomic E-state index is 0.0907. The second-order valence-electron chi connectivity index (χ2n) is 3.99. The number of hydrogen-bond donors (Lipinski definition) is 1. The summed E-state index contributed by atoms with van der Waals surface area (Å²) < 4.78 is 4.90. The number of carbonyl (C=O) groups is 2. The first-order valence-corrected chi connectivity index (χ1v) is 6.32. The first-order chi connectivity index (χ1) is 9.08. The predicted octanol–water partition coefficient (Wildman–Crippen LogP) is 2.16. The number of nitrogens with zero attached hydrogens (tertiary/aromatic N) is 1. The third-order valence-corrected chi connectivity index (χ3v) is 2.72. The van der Waals surface area contributed by atoms with Crippen molar-refractivity contribution < 1.29 is 19.4 Å². The fraction of sp³-hybridized carbons (Fsp3) is 0.429. The highest BCUT2D eigenvalue weighted by Gasteiger charge is 2.09. The molecule has 0 aromatic heterocycles. The molecule has 0 saturated carbocycles. The van der Waals surface area contributed by atoms with Crippen molar-refractivity contribution >= 4 is 17.6 Å². The summed E-state index contributed by atoms with van der Waals surface area (Å²) in [6.45, 7) is 5.23. The zero-order chi connectivity index (χ0) is 14.3. The van der Waals surface area contributed by atoms with E-state index in [9.17, 15) is 9.59 Å². The number of carboxylic acids is 1. The van der Waals surface area contributed by atoms with Gasteiger partial charge in [0.1, 0.15) is 0 Å². The lowest BCUT2D eigenvalue weighted by atomic mass is 10.2. The zero-order valence-corrected chi connectivity index (χ0v) is 11.3. The molecule has 0 aliphatic carbocycles. The Kier molecular flexibility index (Phi) is 5.85. The van der Waals surface area contributed by atoms with Crippen LogP contribution in [0.5, 0.6) is 0 Å². The lowest BCUT2D eigenvalue weighted by molar-refractivity contribution is -0.136. The molecule has 0 bridgehead atoms. The van der Waals surface area contributed by atoms with Crippen molar-refractivity contribution in [3.05, 3.63) is 29.8 Å². The summed E-state index contributed by atoms with van der Waals surface area (Å²) in [6, 6.07) is 6.99. The molecule has 19 heavy (non-hydrogen) atoms. The third kappa shape index (κ3) is 4.62. The lowest BCUT2D eigenvalue weighted by Gasteiger charge is -2.22. The van der Waals surface area contributed by atoms with E-state index in [0.717, 1.165) is 5.69 Å². The number of benzene rings is 1. The van der Waals surface area contributed by atoms with Crippen molar-refractivity contribution in [3.63, 3.8) is 0 Å². The summed E-state index contributed by atoms with van der Waals surface area (Å²) in [4.78, 5) is 24.0. The molecule has 0 amide bonds. The van der Waals surface area contributed by atoms with Gasteiger partial charge < -0.3 is 14.7 Å². The van der Waals surface area contributed by atoms with Gasteiger partial charge in [0.15, 0.2) is 0 Å². The Bertz CT molecular complexity index is 428. The average Bonchev–Trinajstić information content (AvgIpc) is 2.40. The van der Waals surface area contributed by atoms with E-state index in [1.165, 1.54) is 0 Å². The summed E-state index contributed by atoms with van der Waals surface area (Å²) in [5, 5.41) is 8.69. The van der Waals surface area contributed by atoms with Crippen molar-refractivity contribution in [1.29, 1.82) is 0 Å². The van der Waals surface area contributed by atoms with Crippen LogP contribution in [0.1, 0.15) is 30.6 Å². The molecule has 0 aliphatic heterocycles. The van der Waals surface area contributed by atoms with Crippen molar-refractivity contribution in [2.75, 3.05) is 24.6 Å². The third-order valence-electron chi connectivity index (χ3n) is 2.72. The van der Waals surface area contributed by atoms with Crippen LogP contribution in [-0.2, 0) is 9.53 Å². The van der Waals surface area contributed by atoms with Gasteiger partial charge in [-0.2, -0.15) is 0 Å². The molecule has 0 spiro atoms. The average molecular weight is 265 g/mol. The van der Waals surface area contributed by atoms with Crippen LogP contribution in [0.4, 0.5) is 5.69 Å². The Morgan fingerprint density at radius 1 is 1.21 bits per heavy atom. The van der Waals surface area contributed by atoms with Crippen LogP contribution in [0.25, 0.3) is 0 Å². The summed E-state index contributed by atoms with van der Waals surface area (Å²) in [5.74, 6) is -1.16. The summed E-state index contributed by atoms with van der Waals surface area (Å²) in [7, 11) is 0. The maximum absolute atomic E-state index is 11.5. The topological polar surface area (TPSA) is 66.8 Å². The number of esters is 1. The molecule has 0 atom stereocenters. The fourth-order valence-corrected chi connectivity index (χ4v) is 1.72. The number of hydrogen-bond acceptors (Lipinski definition) is 4. The normalized spacial score (nSPS) is 10.0. The number of rotatable bonds is 7. The van der Waals surface area contributed by atoms with Crippen LogP contribution in [-0.4, -0.2) is 36.7 Å². The van der Waals surface area contributed by atoms with Crippen LogP contribution in [0.3, 0.4) is 0 Å². The minimum Gasteiger partial charge on any atom is -0.481 e. The first kappa shape index (κ1) is 15.0. The molecule has 0 heterocycles. The number of aliphatic carboxylic acids is 1. The number of carboxylic acid groups (broad SMARTS) is 1. The molecule has 0 unspecified atom stereocenters. The minimum atomic E-state index is -0.818. The molecule has 104 valence electrons. The molecule has 0 aliphatic rings. The van der Waals surface area contributed by atoms with Gasteiger partial charge in [0.2, 0.25) is 0 Å². The van der Waals surface area contributed by atoms with E-state index < -0.39 is 5.97 Å². The van der Waals surface area contributed by atoms with Crippen molar-refractivity contribution in [1.82, 2.24) is 0 Å². The van der Waals surface area contributed by atoms with Gasteiger partial charge in [0.05, 0.1) is 18.6 Å². The Hall–Kier alpha value is -2.04. The van der Waals surface area contributed by atoms with Gasteiger partial charge in [-0.1, -0.05) is 0 Å². The van der Waals surface area contributed by atoms with Crippen LogP contribution in [0.2, 0.25) is 0 Å². The highest BCUT2D eigenvalue weighted by atomic mass is 16.5. The molecule has 0 saturated heterocycles. The molecule has 0 radical (unpaired) electrons. The van der Waals surface area contributed by atoms with Gasteiger partial charge in [0.25, 0.3) is 0 Å². The summed E-state index contributed by atoms with van der Waals surface area (Å²) in [5.41, 5.74) is 1.40. The summed E-state index contributed by atoms with van der Waals surface area (Å²) >= 11 is 0. The Labute approximate surface area is 112 Å². The molecule has 5 nitrogen and oxygen atoms in total. The molecule has 5 heteroatoms. The van der Waals surface area contributed by atoms with E-state index >= 15 is 0 Å². The fourth-order valence-electron chi connectivity index (χ4n) is 1.72. The Morgan fingerprint density at radius 2 is 1.84 bits per heavy atom.